The minimum Gasteiger partial charge on any atom is -0.468 e. The molecule has 1 aliphatic heterocycles. The molecule has 5 heteroatoms. The first-order valence-electron chi connectivity index (χ1n) is 4.44. The van der Waals surface area contributed by atoms with Gasteiger partial charge in [-0.15, -0.1) is 12.4 Å². The lowest BCUT2D eigenvalue weighted by molar-refractivity contribution is -0.149. The quantitative estimate of drug-likeness (QED) is 0.478. The van der Waals surface area contributed by atoms with Crippen molar-refractivity contribution in [2.45, 2.75) is 12.8 Å². The summed E-state index contributed by atoms with van der Waals surface area (Å²) in [6.45, 7) is 1.53. The molecule has 0 bridgehead atoms. The van der Waals surface area contributed by atoms with Crippen LogP contribution in [0.1, 0.15) is 12.8 Å². The van der Waals surface area contributed by atoms with Crippen LogP contribution in [-0.4, -0.2) is 43.9 Å². The largest absolute Gasteiger partial charge is 0.468 e. The number of esters is 1. The van der Waals surface area contributed by atoms with Gasteiger partial charge in [-0.25, -0.2) is 0 Å². The van der Waals surface area contributed by atoms with Crippen LogP contribution in [0.25, 0.3) is 0 Å². The van der Waals surface area contributed by atoms with Crippen LogP contribution in [0.15, 0.2) is 0 Å². The van der Waals surface area contributed by atoms with Crippen molar-refractivity contribution in [3.8, 4) is 0 Å². The number of methoxy groups -OCH3 is 1. The lowest BCUT2D eigenvalue weighted by Crippen LogP contribution is -2.25. The first-order valence-corrected chi connectivity index (χ1v) is 4.44. The zero-order valence-electron chi connectivity index (χ0n) is 8.49. The second kappa shape index (κ2) is 5.98. The molecule has 0 spiro atoms. The van der Waals surface area contributed by atoms with E-state index >= 15 is 0 Å². The molecule has 0 aromatic heterocycles. The molecular formula is C9H16ClNO3. The SMILES string of the molecule is COC(=O)C1CCN(C)CCC1=O.Cl. The Balaban J connectivity index is 0.00000169. The zero-order valence-corrected chi connectivity index (χ0v) is 9.30. The number of carbonyl (C=O) groups excluding carboxylic acids is 2. The van der Waals surface area contributed by atoms with E-state index in [9.17, 15) is 9.59 Å². The summed E-state index contributed by atoms with van der Waals surface area (Å²) in [6.07, 6.45) is 1.04. The lowest BCUT2D eigenvalue weighted by atomic mass is 10.00. The maximum absolute atomic E-state index is 11.4. The van der Waals surface area contributed by atoms with Gasteiger partial charge in [0.1, 0.15) is 11.7 Å². The van der Waals surface area contributed by atoms with Crippen molar-refractivity contribution in [3.63, 3.8) is 0 Å². The Kier molecular flexibility index (Phi) is 5.72. The van der Waals surface area contributed by atoms with Crippen LogP contribution in [-0.2, 0) is 14.3 Å². The van der Waals surface area contributed by atoms with Gasteiger partial charge in [0.15, 0.2) is 0 Å². The van der Waals surface area contributed by atoms with Gasteiger partial charge in [0.25, 0.3) is 0 Å². The number of likely N-dealkylation sites (tertiary alicyclic amines) is 1. The molecule has 0 N–H and O–H groups in total. The number of Topliss-reactive ketones (excluding diaryl/α,β-unsaturated/α-hetero) is 1. The summed E-state index contributed by atoms with van der Waals surface area (Å²) in [5.41, 5.74) is 0. The second-order valence-electron chi connectivity index (χ2n) is 3.38. The van der Waals surface area contributed by atoms with Crippen LogP contribution in [0.2, 0.25) is 0 Å². The van der Waals surface area contributed by atoms with E-state index in [2.05, 4.69) is 9.64 Å². The molecule has 0 saturated carbocycles. The Morgan fingerprint density at radius 1 is 1.50 bits per heavy atom. The average Bonchev–Trinajstić information content (AvgIpc) is 2.28. The fourth-order valence-corrected chi connectivity index (χ4v) is 1.49. The molecule has 14 heavy (non-hydrogen) atoms. The summed E-state index contributed by atoms with van der Waals surface area (Å²) >= 11 is 0. The Morgan fingerprint density at radius 2 is 2.14 bits per heavy atom. The van der Waals surface area contributed by atoms with Crippen LogP contribution in [0.3, 0.4) is 0 Å². The number of nitrogens with zero attached hydrogens (tertiary/aromatic N) is 1. The number of ketones is 1. The summed E-state index contributed by atoms with van der Waals surface area (Å²) < 4.78 is 4.57. The van der Waals surface area contributed by atoms with Crippen LogP contribution in [0.5, 0.6) is 0 Å². The molecule has 1 atom stereocenters. The standard InChI is InChI=1S/C9H15NO3.ClH/c1-10-5-3-7(9(12)13-2)8(11)4-6-10;/h7H,3-6H2,1-2H3;1H. The monoisotopic (exact) mass is 221 g/mol. The first kappa shape index (κ1) is 13.4. The van der Waals surface area contributed by atoms with Gasteiger partial charge in [-0.3, -0.25) is 9.59 Å². The highest BCUT2D eigenvalue weighted by Gasteiger charge is 2.29. The molecule has 1 fully saturated rings. The lowest BCUT2D eigenvalue weighted by Gasteiger charge is -2.11. The van der Waals surface area contributed by atoms with E-state index in [0.717, 1.165) is 13.1 Å². The number of halogens is 1. The van der Waals surface area contributed by atoms with Crippen molar-refractivity contribution in [2.24, 2.45) is 5.92 Å². The summed E-state index contributed by atoms with van der Waals surface area (Å²) in [4.78, 5) is 24.7. The molecule has 1 saturated heterocycles. The Bertz CT molecular complexity index is 220. The summed E-state index contributed by atoms with van der Waals surface area (Å²) in [5.74, 6) is -0.911. The molecule has 1 rings (SSSR count). The molecule has 1 aliphatic rings. The van der Waals surface area contributed by atoms with Gasteiger partial charge < -0.3 is 9.64 Å². The van der Waals surface area contributed by atoms with Crippen LogP contribution >= 0.6 is 12.4 Å². The van der Waals surface area contributed by atoms with Gasteiger partial charge in [-0.2, -0.15) is 0 Å². The molecule has 4 nitrogen and oxygen atoms in total. The van der Waals surface area contributed by atoms with E-state index < -0.39 is 5.92 Å². The van der Waals surface area contributed by atoms with Gasteiger partial charge in [0, 0.05) is 13.0 Å². The third-order valence-corrected chi connectivity index (χ3v) is 2.41. The number of carbonyl (C=O) groups is 2. The number of ether oxygens (including phenoxy) is 1. The van der Waals surface area contributed by atoms with E-state index in [1.54, 1.807) is 0 Å². The van der Waals surface area contributed by atoms with E-state index in [1.165, 1.54) is 7.11 Å². The number of hydrogen-bond donors (Lipinski definition) is 0. The Morgan fingerprint density at radius 3 is 2.71 bits per heavy atom. The van der Waals surface area contributed by atoms with Gasteiger partial charge >= 0.3 is 5.97 Å². The fourth-order valence-electron chi connectivity index (χ4n) is 1.49. The smallest absolute Gasteiger partial charge is 0.316 e. The van der Waals surface area contributed by atoms with Crippen molar-refractivity contribution in [1.82, 2.24) is 4.90 Å². The van der Waals surface area contributed by atoms with Gasteiger partial charge in [0.2, 0.25) is 0 Å². The zero-order chi connectivity index (χ0) is 9.84. The predicted molar refractivity (Wildman–Crippen MR) is 54.5 cm³/mol. The van der Waals surface area contributed by atoms with Gasteiger partial charge in [0.05, 0.1) is 7.11 Å². The summed E-state index contributed by atoms with van der Waals surface area (Å²) in [5, 5.41) is 0. The second-order valence-corrected chi connectivity index (χ2v) is 3.38. The highest BCUT2D eigenvalue weighted by Crippen LogP contribution is 2.14. The topological polar surface area (TPSA) is 46.6 Å². The normalized spacial score (nSPS) is 23.6. The minimum absolute atomic E-state index is 0. The van der Waals surface area contributed by atoms with Crippen LogP contribution < -0.4 is 0 Å². The van der Waals surface area contributed by atoms with Crippen LogP contribution in [0.4, 0.5) is 0 Å². The maximum Gasteiger partial charge on any atom is 0.316 e. The van der Waals surface area contributed by atoms with E-state index in [0.29, 0.717) is 12.8 Å². The van der Waals surface area contributed by atoms with Gasteiger partial charge in [-0.05, 0) is 20.0 Å². The molecule has 0 aromatic carbocycles. The molecule has 0 aromatic rings. The molecule has 1 heterocycles. The van der Waals surface area contributed by atoms with E-state index in [4.69, 9.17) is 0 Å². The first-order chi connectivity index (χ1) is 6.15. The maximum atomic E-state index is 11.4. The fraction of sp³-hybridized carbons (Fsp3) is 0.778. The molecule has 0 radical (unpaired) electrons. The van der Waals surface area contributed by atoms with Crippen molar-refractivity contribution < 1.29 is 14.3 Å². The van der Waals surface area contributed by atoms with Crippen molar-refractivity contribution in [2.75, 3.05) is 27.2 Å². The number of rotatable bonds is 1. The van der Waals surface area contributed by atoms with Crippen molar-refractivity contribution in [3.05, 3.63) is 0 Å². The third kappa shape index (κ3) is 3.27. The van der Waals surface area contributed by atoms with Gasteiger partial charge in [-0.1, -0.05) is 0 Å². The number of hydrogen-bond acceptors (Lipinski definition) is 4. The predicted octanol–water partition coefficient (Wildman–Crippen LogP) is 0.492. The Hall–Kier alpha value is -0.610. The minimum atomic E-state index is -0.532. The summed E-state index contributed by atoms with van der Waals surface area (Å²) in [7, 11) is 3.27. The summed E-state index contributed by atoms with van der Waals surface area (Å²) in [6, 6.07) is 0. The molecule has 0 aliphatic carbocycles. The van der Waals surface area contributed by atoms with Crippen LogP contribution in [0, 0.1) is 5.92 Å². The van der Waals surface area contributed by atoms with Crippen molar-refractivity contribution in [1.29, 1.82) is 0 Å². The third-order valence-electron chi connectivity index (χ3n) is 2.41. The highest BCUT2D eigenvalue weighted by atomic mass is 35.5. The molecule has 82 valence electrons. The molecule has 1 unspecified atom stereocenters. The van der Waals surface area contributed by atoms with E-state index in [-0.39, 0.29) is 24.2 Å². The molecule has 0 amide bonds. The average molecular weight is 222 g/mol. The van der Waals surface area contributed by atoms with E-state index in [1.807, 2.05) is 7.05 Å². The van der Waals surface area contributed by atoms with Crippen molar-refractivity contribution >= 4 is 24.2 Å². The Labute approximate surface area is 90.0 Å². The highest BCUT2D eigenvalue weighted by molar-refractivity contribution is 5.99. The molecular weight excluding hydrogens is 206 g/mol.